The molecule has 0 aromatic rings. The number of hydrazone groups is 1. The molecule has 4 fully saturated rings. The van der Waals surface area contributed by atoms with Gasteiger partial charge in [-0.05, 0) is 87.4 Å². The normalized spacial score (nSPS) is 50.8. The summed E-state index contributed by atoms with van der Waals surface area (Å²) >= 11 is 0. The van der Waals surface area contributed by atoms with Crippen LogP contribution in [0.2, 0.25) is 0 Å². The number of aliphatic imine (C=N–C) groups is 1. The number of fused-ring (bicyclic) bond motifs is 5. The van der Waals surface area contributed by atoms with E-state index in [9.17, 15) is 10.2 Å². The fraction of sp³-hybridized carbons (Fsp3) is 0.913. The summed E-state index contributed by atoms with van der Waals surface area (Å²) in [4.78, 5) is 4.46. The zero-order chi connectivity index (χ0) is 20.3. The van der Waals surface area contributed by atoms with E-state index in [4.69, 9.17) is 5.10 Å². The van der Waals surface area contributed by atoms with Crippen molar-refractivity contribution in [1.29, 1.82) is 0 Å². The molecule has 4 N–H and O–H groups in total. The predicted molar refractivity (Wildman–Crippen MR) is 115 cm³/mol. The number of guanidine groups is 1. The summed E-state index contributed by atoms with van der Waals surface area (Å²) in [5, 5.41) is 30.4. The summed E-state index contributed by atoms with van der Waals surface area (Å²) in [5.41, 5.74) is 3.66. The van der Waals surface area contributed by atoms with E-state index in [0.717, 1.165) is 82.5 Å². The maximum atomic E-state index is 12.1. The molecule has 0 radical (unpaired) electrons. The quantitative estimate of drug-likeness (QED) is 0.508. The molecule has 0 saturated heterocycles. The summed E-state index contributed by atoms with van der Waals surface area (Å²) in [5.74, 6) is 2.32. The zero-order valence-electron chi connectivity index (χ0n) is 18.1. The molecule has 0 bridgehead atoms. The van der Waals surface area contributed by atoms with Crippen LogP contribution in [0.3, 0.4) is 0 Å². The van der Waals surface area contributed by atoms with Crippen molar-refractivity contribution in [2.75, 3.05) is 13.1 Å². The Morgan fingerprint density at radius 3 is 2.76 bits per heavy atom. The van der Waals surface area contributed by atoms with E-state index in [1.807, 2.05) is 0 Å². The third kappa shape index (κ3) is 2.88. The average Bonchev–Trinajstić information content (AvgIpc) is 2.99. The highest BCUT2D eigenvalue weighted by molar-refractivity contribution is 5.95. The third-order valence-electron chi connectivity index (χ3n) is 9.76. The number of aliphatic hydroxyl groups is 2. The van der Waals surface area contributed by atoms with Crippen LogP contribution in [0.4, 0.5) is 0 Å². The Labute approximate surface area is 174 Å². The van der Waals surface area contributed by atoms with Gasteiger partial charge in [0, 0.05) is 24.2 Å². The molecule has 4 aliphatic carbocycles. The van der Waals surface area contributed by atoms with Crippen LogP contribution in [0.5, 0.6) is 0 Å². The number of hydrogen-bond donors (Lipinski definition) is 4. The van der Waals surface area contributed by atoms with Gasteiger partial charge in [0.15, 0.2) is 0 Å². The van der Waals surface area contributed by atoms with Gasteiger partial charge in [0.2, 0.25) is 5.96 Å². The third-order valence-corrected chi connectivity index (χ3v) is 9.76. The Bertz CT molecular complexity index is 724. The van der Waals surface area contributed by atoms with Crippen molar-refractivity contribution in [3.63, 3.8) is 0 Å². The molecule has 29 heavy (non-hydrogen) atoms. The van der Waals surface area contributed by atoms with Crippen molar-refractivity contribution >= 4 is 11.7 Å². The summed E-state index contributed by atoms with van der Waals surface area (Å²) < 4.78 is 0. The van der Waals surface area contributed by atoms with Crippen LogP contribution < -0.4 is 10.7 Å². The largest absolute Gasteiger partial charge is 0.393 e. The van der Waals surface area contributed by atoms with Gasteiger partial charge in [-0.2, -0.15) is 5.10 Å². The van der Waals surface area contributed by atoms with Crippen LogP contribution in [0.1, 0.15) is 78.1 Å². The van der Waals surface area contributed by atoms with Crippen LogP contribution >= 0.6 is 0 Å². The molecule has 0 aromatic heterocycles. The van der Waals surface area contributed by atoms with Gasteiger partial charge in [-0.1, -0.05) is 13.8 Å². The number of rotatable bonds is 1. The number of nitrogens with one attached hydrogen (secondary N) is 2. The van der Waals surface area contributed by atoms with Gasteiger partial charge in [-0.3, -0.25) is 4.99 Å². The molecule has 0 amide bonds. The molecule has 5 rings (SSSR count). The number of aliphatic hydroxyl groups excluding tert-OH is 1. The Morgan fingerprint density at radius 1 is 1.10 bits per heavy atom. The van der Waals surface area contributed by atoms with E-state index < -0.39 is 5.60 Å². The Hall–Kier alpha value is -1.14. The summed E-state index contributed by atoms with van der Waals surface area (Å²) in [7, 11) is 0. The van der Waals surface area contributed by atoms with Gasteiger partial charge in [-0.25, -0.2) is 5.43 Å². The molecule has 5 aliphatic rings. The molecule has 4 saturated carbocycles. The molecule has 162 valence electrons. The monoisotopic (exact) mass is 402 g/mol. The van der Waals surface area contributed by atoms with E-state index in [2.05, 4.69) is 29.6 Å². The Kier molecular flexibility index (Phi) is 4.74. The predicted octanol–water partition coefficient (Wildman–Crippen LogP) is 2.80. The Morgan fingerprint density at radius 2 is 1.97 bits per heavy atom. The minimum Gasteiger partial charge on any atom is -0.393 e. The summed E-state index contributed by atoms with van der Waals surface area (Å²) in [6.07, 6.45) is 10.1. The lowest BCUT2D eigenvalue weighted by molar-refractivity contribution is -0.191. The van der Waals surface area contributed by atoms with Gasteiger partial charge >= 0.3 is 0 Å². The Balaban J connectivity index is 1.39. The topological polar surface area (TPSA) is 89.2 Å². The summed E-state index contributed by atoms with van der Waals surface area (Å²) in [6, 6.07) is 0. The van der Waals surface area contributed by atoms with E-state index in [-0.39, 0.29) is 16.9 Å². The maximum Gasteiger partial charge on any atom is 0.212 e. The second-order valence-corrected chi connectivity index (χ2v) is 10.9. The van der Waals surface area contributed by atoms with Gasteiger partial charge in [0.05, 0.1) is 11.7 Å². The SMILES string of the molecule is C[C@]12CCC(O)CC1CC[C@@H]1[C@H]2CC[C@]2(C)/C(=N\NC3=NCCCN3)CC[C@@]12O. The van der Waals surface area contributed by atoms with E-state index in [1.165, 1.54) is 6.42 Å². The lowest BCUT2D eigenvalue weighted by Gasteiger charge is -2.62. The van der Waals surface area contributed by atoms with Gasteiger partial charge < -0.3 is 15.5 Å². The lowest BCUT2D eigenvalue weighted by Crippen LogP contribution is -2.62. The van der Waals surface area contributed by atoms with Crippen molar-refractivity contribution in [1.82, 2.24) is 10.7 Å². The molecule has 6 heteroatoms. The lowest BCUT2D eigenvalue weighted by atomic mass is 9.44. The molecule has 6 nitrogen and oxygen atoms in total. The summed E-state index contributed by atoms with van der Waals surface area (Å²) in [6.45, 7) is 6.51. The van der Waals surface area contributed by atoms with Gasteiger partial charge in [0.25, 0.3) is 0 Å². The van der Waals surface area contributed by atoms with Gasteiger partial charge in [0.1, 0.15) is 0 Å². The average molecular weight is 403 g/mol. The van der Waals surface area contributed by atoms with Crippen molar-refractivity contribution in [3.05, 3.63) is 0 Å². The van der Waals surface area contributed by atoms with E-state index in [0.29, 0.717) is 17.8 Å². The minimum atomic E-state index is -0.651. The van der Waals surface area contributed by atoms with Crippen molar-refractivity contribution in [2.24, 2.45) is 38.7 Å². The maximum absolute atomic E-state index is 12.1. The molecule has 7 atom stereocenters. The van der Waals surface area contributed by atoms with Crippen LogP contribution in [0.25, 0.3) is 0 Å². The smallest absolute Gasteiger partial charge is 0.212 e. The molecule has 1 aliphatic heterocycles. The molecule has 0 aromatic carbocycles. The second kappa shape index (κ2) is 6.94. The minimum absolute atomic E-state index is 0.117. The first kappa shape index (κ1) is 19.8. The first-order chi connectivity index (χ1) is 13.9. The van der Waals surface area contributed by atoms with Crippen LogP contribution in [0, 0.1) is 28.6 Å². The number of hydrogen-bond acceptors (Lipinski definition) is 6. The standard InChI is InChI=1S/C23H38N4O2/c1-21-9-6-16(28)14-15(21)4-5-18-17(21)7-10-22(2)19(8-11-23(18,22)29)26-27-20-24-12-3-13-25-20/h15-18,28-29H,3-14H2,1-2H3,(H2,24,25,27)/b26-19-/t15?,16?,17-,18-,21+,22-,23-/m1/s1. The molecule has 1 heterocycles. The van der Waals surface area contributed by atoms with Crippen molar-refractivity contribution in [2.45, 2.75) is 89.8 Å². The first-order valence-electron chi connectivity index (χ1n) is 11.9. The highest BCUT2D eigenvalue weighted by Crippen LogP contribution is 2.67. The molecule has 2 unspecified atom stereocenters. The van der Waals surface area contributed by atoms with Crippen molar-refractivity contribution < 1.29 is 10.2 Å². The van der Waals surface area contributed by atoms with E-state index >= 15 is 0 Å². The van der Waals surface area contributed by atoms with Crippen LogP contribution in [-0.2, 0) is 0 Å². The second-order valence-electron chi connectivity index (χ2n) is 10.9. The molecular weight excluding hydrogens is 364 g/mol. The zero-order valence-corrected chi connectivity index (χ0v) is 18.1. The van der Waals surface area contributed by atoms with E-state index in [1.54, 1.807) is 0 Å². The molecular formula is C23H38N4O2. The highest BCUT2D eigenvalue weighted by Gasteiger charge is 2.66. The molecule has 0 spiro atoms. The van der Waals surface area contributed by atoms with Crippen LogP contribution in [-0.4, -0.2) is 46.7 Å². The highest BCUT2D eigenvalue weighted by atomic mass is 16.3. The van der Waals surface area contributed by atoms with Crippen molar-refractivity contribution in [3.8, 4) is 0 Å². The van der Waals surface area contributed by atoms with Crippen LogP contribution in [0.15, 0.2) is 10.1 Å². The fourth-order valence-electron chi connectivity index (χ4n) is 7.89. The first-order valence-corrected chi connectivity index (χ1v) is 11.9. The fourth-order valence-corrected chi connectivity index (χ4v) is 7.89. The van der Waals surface area contributed by atoms with Gasteiger partial charge in [-0.15, -0.1) is 0 Å². The number of nitrogens with zero attached hydrogens (tertiary/aromatic N) is 2.